The third-order valence-electron chi connectivity index (χ3n) is 4.02. The molecule has 0 saturated heterocycles. The third-order valence-corrected chi connectivity index (χ3v) is 4.48. The van der Waals surface area contributed by atoms with E-state index in [1.165, 1.54) is 0 Å². The van der Waals surface area contributed by atoms with Crippen molar-refractivity contribution in [1.29, 1.82) is 0 Å². The van der Waals surface area contributed by atoms with Crippen molar-refractivity contribution in [1.82, 2.24) is 0 Å². The molecule has 1 aromatic rings. The molecule has 1 aliphatic carbocycles. The molecule has 6 heteroatoms. The number of hydrogen-bond acceptors (Lipinski definition) is 2. The molecule has 0 amide bonds. The lowest BCUT2D eigenvalue weighted by molar-refractivity contribution is -0.162. The summed E-state index contributed by atoms with van der Waals surface area (Å²) in [6, 6.07) is 3.71. The standard InChI is InChI=1S/C17H20BrF3O2/c1-15(2,3)23-14(22)16(6-4-5-7-16)11-8-12(17(19,20)21)10-13(18)9-11/h8-10H,4-7H2,1-3H3. The van der Waals surface area contributed by atoms with E-state index in [0.29, 0.717) is 22.9 Å². The van der Waals surface area contributed by atoms with Gasteiger partial charge >= 0.3 is 12.1 Å². The summed E-state index contributed by atoms with van der Waals surface area (Å²) in [4.78, 5) is 12.7. The Bertz CT molecular complexity index is 597. The molecule has 1 fully saturated rings. The van der Waals surface area contributed by atoms with Crippen LogP contribution in [0.25, 0.3) is 0 Å². The number of esters is 1. The molecule has 2 nitrogen and oxygen atoms in total. The van der Waals surface area contributed by atoms with E-state index in [-0.39, 0.29) is 0 Å². The van der Waals surface area contributed by atoms with Crippen molar-refractivity contribution in [2.45, 2.75) is 63.6 Å². The Kier molecular flexibility index (Phi) is 4.86. The molecule has 0 spiro atoms. The highest BCUT2D eigenvalue weighted by molar-refractivity contribution is 9.10. The fraction of sp³-hybridized carbons (Fsp3) is 0.588. The summed E-state index contributed by atoms with van der Waals surface area (Å²) in [7, 11) is 0. The SMILES string of the molecule is CC(C)(C)OC(=O)C1(c2cc(Br)cc(C(F)(F)F)c2)CCCC1. The van der Waals surface area contributed by atoms with Gasteiger partial charge < -0.3 is 4.74 Å². The van der Waals surface area contributed by atoms with E-state index in [1.807, 2.05) is 0 Å². The van der Waals surface area contributed by atoms with Crippen LogP contribution in [0.2, 0.25) is 0 Å². The van der Waals surface area contributed by atoms with Crippen molar-refractivity contribution in [3.05, 3.63) is 33.8 Å². The molecule has 128 valence electrons. The van der Waals surface area contributed by atoms with E-state index in [1.54, 1.807) is 26.8 Å². The monoisotopic (exact) mass is 392 g/mol. The fourth-order valence-corrected chi connectivity index (χ4v) is 3.49. The zero-order valence-corrected chi connectivity index (χ0v) is 15.0. The van der Waals surface area contributed by atoms with Crippen molar-refractivity contribution < 1.29 is 22.7 Å². The van der Waals surface area contributed by atoms with Crippen LogP contribution in [0.15, 0.2) is 22.7 Å². The Morgan fingerprint density at radius 3 is 2.17 bits per heavy atom. The molecular formula is C17H20BrF3O2. The molecule has 1 aliphatic rings. The number of benzene rings is 1. The first kappa shape index (κ1) is 18.3. The van der Waals surface area contributed by atoms with Gasteiger partial charge in [-0.05, 0) is 57.4 Å². The van der Waals surface area contributed by atoms with E-state index < -0.39 is 28.7 Å². The molecule has 0 N–H and O–H groups in total. The summed E-state index contributed by atoms with van der Waals surface area (Å²) in [5.41, 5.74) is -2.04. The van der Waals surface area contributed by atoms with E-state index in [9.17, 15) is 18.0 Å². The Morgan fingerprint density at radius 1 is 1.13 bits per heavy atom. The van der Waals surface area contributed by atoms with E-state index in [4.69, 9.17) is 4.74 Å². The van der Waals surface area contributed by atoms with Crippen LogP contribution in [0.1, 0.15) is 57.6 Å². The molecule has 0 radical (unpaired) electrons. The van der Waals surface area contributed by atoms with Gasteiger partial charge in [-0.15, -0.1) is 0 Å². The van der Waals surface area contributed by atoms with Gasteiger partial charge in [0.1, 0.15) is 5.60 Å². The molecule has 0 aliphatic heterocycles. The normalized spacial score (nSPS) is 18.0. The topological polar surface area (TPSA) is 26.3 Å². The van der Waals surface area contributed by atoms with Crippen LogP contribution in [0, 0.1) is 0 Å². The summed E-state index contributed by atoms with van der Waals surface area (Å²) < 4.78 is 45.1. The average Bonchev–Trinajstić information content (AvgIpc) is 2.85. The highest BCUT2D eigenvalue weighted by Crippen LogP contribution is 2.45. The van der Waals surface area contributed by atoms with Crippen LogP contribution >= 0.6 is 15.9 Å². The predicted octanol–water partition coefficient (Wildman–Crippen LogP) is 5.62. The maximum Gasteiger partial charge on any atom is 0.416 e. The van der Waals surface area contributed by atoms with Crippen molar-refractivity contribution in [2.24, 2.45) is 0 Å². The summed E-state index contributed by atoms with van der Waals surface area (Å²) in [6.45, 7) is 5.28. The molecule has 0 atom stereocenters. The highest BCUT2D eigenvalue weighted by atomic mass is 79.9. The lowest BCUT2D eigenvalue weighted by atomic mass is 9.78. The van der Waals surface area contributed by atoms with Crippen LogP contribution in [-0.2, 0) is 21.1 Å². The minimum absolute atomic E-state index is 0.317. The zero-order valence-electron chi connectivity index (χ0n) is 13.4. The van der Waals surface area contributed by atoms with Crippen LogP contribution in [0.3, 0.4) is 0 Å². The number of alkyl halides is 3. The number of ether oxygens (including phenoxy) is 1. The van der Waals surface area contributed by atoms with Gasteiger partial charge in [0.05, 0.1) is 11.0 Å². The Labute approximate surface area is 142 Å². The average molecular weight is 393 g/mol. The lowest BCUT2D eigenvalue weighted by Gasteiger charge is -2.32. The number of hydrogen-bond donors (Lipinski definition) is 0. The number of halogens is 4. The maximum atomic E-state index is 13.1. The first-order chi connectivity index (χ1) is 10.4. The molecule has 0 aromatic heterocycles. The Hall–Kier alpha value is -1.04. The highest BCUT2D eigenvalue weighted by Gasteiger charge is 2.46. The van der Waals surface area contributed by atoms with E-state index >= 15 is 0 Å². The molecule has 0 bridgehead atoms. The van der Waals surface area contributed by atoms with Crippen LogP contribution in [-0.4, -0.2) is 11.6 Å². The molecule has 1 aromatic carbocycles. The molecule has 1 saturated carbocycles. The predicted molar refractivity (Wildman–Crippen MR) is 85.1 cm³/mol. The first-order valence-electron chi connectivity index (χ1n) is 7.56. The van der Waals surface area contributed by atoms with Gasteiger partial charge in [-0.1, -0.05) is 28.8 Å². The smallest absolute Gasteiger partial charge is 0.416 e. The largest absolute Gasteiger partial charge is 0.459 e. The zero-order chi connectivity index (χ0) is 17.5. The van der Waals surface area contributed by atoms with Gasteiger partial charge in [0.15, 0.2) is 0 Å². The Balaban J connectivity index is 2.50. The summed E-state index contributed by atoms with van der Waals surface area (Å²) in [5, 5.41) is 0. The van der Waals surface area contributed by atoms with E-state index in [2.05, 4.69) is 15.9 Å². The van der Waals surface area contributed by atoms with Gasteiger partial charge in [-0.2, -0.15) is 13.2 Å². The van der Waals surface area contributed by atoms with Gasteiger partial charge in [-0.3, -0.25) is 4.79 Å². The minimum atomic E-state index is -4.45. The minimum Gasteiger partial charge on any atom is -0.459 e. The van der Waals surface area contributed by atoms with Gasteiger partial charge in [0.25, 0.3) is 0 Å². The van der Waals surface area contributed by atoms with Crippen molar-refractivity contribution in [3.8, 4) is 0 Å². The van der Waals surface area contributed by atoms with E-state index in [0.717, 1.165) is 25.0 Å². The van der Waals surface area contributed by atoms with Crippen molar-refractivity contribution >= 4 is 21.9 Å². The summed E-state index contributed by atoms with van der Waals surface area (Å²) >= 11 is 3.14. The number of rotatable bonds is 2. The second-order valence-electron chi connectivity index (χ2n) is 7.02. The van der Waals surface area contributed by atoms with Crippen molar-refractivity contribution in [2.75, 3.05) is 0 Å². The fourth-order valence-electron chi connectivity index (χ4n) is 2.99. The number of carbonyl (C=O) groups excluding carboxylic acids is 1. The summed E-state index contributed by atoms with van der Waals surface area (Å²) in [5.74, 6) is -0.436. The molecule has 0 heterocycles. The van der Waals surface area contributed by atoms with Gasteiger partial charge in [-0.25, -0.2) is 0 Å². The van der Waals surface area contributed by atoms with Crippen LogP contribution < -0.4 is 0 Å². The Morgan fingerprint density at radius 2 is 1.70 bits per heavy atom. The molecule has 23 heavy (non-hydrogen) atoms. The van der Waals surface area contributed by atoms with Crippen LogP contribution in [0.5, 0.6) is 0 Å². The molecule has 0 unspecified atom stereocenters. The molecular weight excluding hydrogens is 373 g/mol. The summed E-state index contributed by atoms with van der Waals surface area (Å²) in [6.07, 6.45) is -1.84. The number of carbonyl (C=O) groups is 1. The maximum absolute atomic E-state index is 13.1. The second-order valence-corrected chi connectivity index (χ2v) is 7.93. The third kappa shape index (κ3) is 4.08. The lowest BCUT2D eigenvalue weighted by Crippen LogP contribution is -2.39. The van der Waals surface area contributed by atoms with Crippen LogP contribution in [0.4, 0.5) is 13.2 Å². The van der Waals surface area contributed by atoms with Crippen molar-refractivity contribution in [3.63, 3.8) is 0 Å². The van der Waals surface area contributed by atoms with Gasteiger partial charge in [0, 0.05) is 4.47 Å². The van der Waals surface area contributed by atoms with Gasteiger partial charge in [0.2, 0.25) is 0 Å². The first-order valence-corrected chi connectivity index (χ1v) is 8.35. The second kappa shape index (κ2) is 6.11. The molecule has 2 rings (SSSR count). The quantitative estimate of drug-likeness (QED) is 0.610.